The van der Waals surface area contributed by atoms with Crippen LogP contribution in [0.15, 0.2) is 52.3 Å². The van der Waals surface area contributed by atoms with Gasteiger partial charge in [-0.1, -0.05) is 12.1 Å². The first kappa shape index (κ1) is 18.0. The largest absolute Gasteiger partial charge is 0.416 e. The number of β-amino-alcohol motifs (C(OH)–C–C–N with tert-alkyl or cyclic N) is 1. The molecule has 0 radical (unpaired) electrons. The van der Waals surface area contributed by atoms with Gasteiger partial charge >= 0.3 is 6.18 Å². The Morgan fingerprint density at radius 1 is 0.909 bits per heavy atom. The summed E-state index contributed by atoms with van der Waals surface area (Å²) in [4.78, 5) is 2.72. The van der Waals surface area contributed by atoms with Crippen molar-refractivity contribution in [2.24, 2.45) is 0 Å². The Hall–Kier alpha value is -1.36. The Labute approximate surface area is 218 Å². The van der Waals surface area contributed by atoms with Gasteiger partial charge in [-0.3, -0.25) is 4.90 Å². The van der Waals surface area contributed by atoms with E-state index in [2.05, 4.69) is 0 Å². The molecule has 5 nitrogen and oxygen atoms in total. The monoisotopic (exact) mass is 533 g/mol. The van der Waals surface area contributed by atoms with E-state index in [0.717, 1.165) is 18.2 Å². The second kappa shape index (κ2) is 11.9. The number of nitrogens with zero attached hydrogens (tertiary/aromatic N) is 3. The minimum Gasteiger partial charge on any atom is -0.395 e. The highest BCUT2D eigenvalue weighted by Crippen LogP contribution is 2.44. The molecule has 2 aromatic carbocycles. The number of rotatable bonds is 6. The summed E-state index contributed by atoms with van der Waals surface area (Å²) in [5.74, 6) is 0. The van der Waals surface area contributed by atoms with E-state index < -0.39 is 68.2 Å². The second-order valence-corrected chi connectivity index (χ2v) is 8.31. The van der Waals surface area contributed by atoms with Crippen LogP contribution in [-0.4, -0.2) is 71.3 Å². The highest BCUT2D eigenvalue weighted by Gasteiger charge is 2.34. The van der Waals surface area contributed by atoms with Crippen molar-refractivity contribution < 1.29 is 33.5 Å². The first-order valence-corrected chi connectivity index (χ1v) is 10.7. The number of para-hydroxylation sites is 1. The number of hydrogen-bond donors (Lipinski definition) is 1. The SMILES string of the molecule is Cl.Cl.[2H]C1([2H])N(CCO)C([2H])([2H])C([2H])([2H])N(CCCN2c3ccccc3S(=O)c3ccc(C(F)(F)F)cc32)C1([2H])[2H]. The van der Waals surface area contributed by atoms with Gasteiger partial charge in [0.1, 0.15) is 0 Å². The van der Waals surface area contributed by atoms with Crippen molar-refractivity contribution in [1.82, 2.24) is 9.80 Å². The third kappa shape index (κ3) is 6.21. The summed E-state index contributed by atoms with van der Waals surface area (Å²) in [7, 11) is -1.77. The molecule has 0 saturated carbocycles. The standard InChI is InChI=1S/C22H26F3N3O2S.2ClH/c23-22(24,25)17-6-7-21-19(16-17)28(18-4-1-2-5-20(18)31(21)30)9-3-8-26-10-12-27(13-11-26)14-15-29;;/h1-2,4-7,16,29H,3,8-15H2;2*1H/i10D2,11D2,12D2,13D2;;. The number of halogens is 5. The zero-order valence-electron chi connectivity index (χ0n) is 25.1. The predicted molar refractivity (Wildman–Crippen MR) is 129 cm³/mol. The van der Waals surface area contributed by atoms with Crippen LogP contribution in [0.3, 0.4) is 0 Å². The van der Waals surface area contributed by atoms with Gasteiger partial charge in [0.2, 0.25) is 0 Å². The first-order chi connectivity index (χ1) is 17.9. The summed E-state index contributed by atoms with van der Waals surface area (Å²) in [6.07, 6.45) is -4.79. The van der Waals surface area contributed by atoms with Gasteiger partial charge in [0.05, 0.1) is 44.1 Å². The van der Waals surface area contributed by atoms with Crippen molar-refractivity contribution in [2.45, 2.75) is 22.4 Å². The Balaban J connectivity index is 0.00000294. The summed E-state index contributed by atoms with van der Waals surface area (Å²) >= 11 is 0. The van der Waals surface area contributed by atoms with E-state index in [4.69, 9.17) is 11.0 Å². The molecule has 2 aliphatic rings. The fourth-order valence-corrected chi connectivity index (χ4v) is 4.75. The quantitative estimate of drug-likeness (QED) is 0.603. The van der Waals surface area contributed by atoms with Crippen LogP contribution in [0.4, 0.5) is 24.5 Å². The lowest BCUT2D eigenvalue weighted by Gasteiger charge is -2.36. The first-order valence-electron chi connectivity index (χ1n) is 13.6. The van der Waals surface area contributed by atoms with Crippen molar-refractivity contribution in [3.63, 3.8) is 0 Å². The molecule has 0 aliphatic carbocycles. The van der Waals surface area contributed by atoms with Crippen LogP contribution in [0.1, 0.15) is 23.0 Å². The number of aliphatic hydroxyl groups excluding tert-OH is 1. The van der Waals surface area contributed by atoms with Crippen LogP contribution in [0, 0.1) is 0 Å². The lowest BCUT2D eigenvalue weighted by Crippen LogP contribution is -2.47. The molecule has 184 valence electrons. The van der Waals surface area contributed by atoms with Crippen molar-refractivity contribution in [2.75, 3.05) is 57.1 Å². The second-order valence-electron chi connectivity index (χ2n) is 6.90. The molecule has 0 aromatic heterocycles. The van der Waals surface area contributed by atoms with E-state index in [1.165, 1.54) is 4.90 Å². The Bertz CT molecular complexity index is 1260. The van der Waals surface area contributed by atoms with Gasteiger partial charge in [0.15, 0.2) is 0 Å². The van der Waals surface area contributed by atoms with E-state index in [0.29, 0.717) is 20.4 Å². The Morgan fingerprint density at radius 2 is 1.52 bits per heavy atom. The molecule has 1 fully saturated rings. The van der Waals surface area contributed by atoms with E-state index in [-0.39, 0.29) is 48.4 Å². The smallest absolute Gasteiger partial charge is 0.395 e. The van der Waals surface area contributed by atoms with Gasteiger partial charge in [-0.15, -0.1) is 24.8 Å². The number of aliphatic hydroxyl groups is 1. The normalized spacial score (nSPS) is 28.4. The molecule has 1 atom stereocenters. The molecule has 0 amide bonds. The fourth-order valence-electron chi connectivity index (χ4n) is 3.40. The average Bonchev–Trinajstić information content (AvgIpc) is 2.84. The van der Waals surface area contributed by atoms with Gasteiger partial charge in [-0.2, -0.15) is 13.2 Å². The van der Waals surface area contributed by atoms with Crippen molar-refractivity contribution in [1.29, 1.82) is 0 Å². The van der Waals surface area contributed by atoms with Crippen LogP contribution in [0.5, 0.6) is 0 Å². The number of anilines is 2. The topological polar surface area (TPSA) is 47.0 Å². The lowest BCUT2D eigenvalue weighted by atomic mass is 10.1. The third-order valence-electron chi connectivity index (χ3n) is 4.86. The Kier molecular flexibility index (Phi) is 6.46. The summed E-state index contributed by atoms with van der Waals surface area (Å²) in [5, 5.41) is 9.29. The highest BCUT2D eigenvalue weighted by atomic mass is 35.5. The third-order valence-corrected chi connectivity index (χ3v) is 6.35. The molecule has 4 rings (SSSR count). The summed E-state index contributed by atoms with van der Waals surface area (Å²) in [6, 6.07) is 9.22. The number of fused-ring (bicyclic) bond motifs is 2. The average molecular weight is 535 g/mol. The number of piperazine rings is 1. The lowest BCUT2D eigenvalue weighted by molar-refractivity contribution is -0.137. The molecule has 2 heterocycles. The molecular formula is C22H28Cl2F3N3O2S. The van der Waals surface area contributed by atoms with E-state index in [1.54, 1.807) is 24.3 Å². The number of benzene rings is 2. The molecule has 33 heavy (non-hydrogen) atoms. The van der Waals surface area contributed by atoms with E-state index in [1.807, 2.05) is 0 Å². The van der Waals surface area contributed by atoms with Gasteiger partial charge in [0, 0.05) is 50.0 Å². The molecule has 2 aliphatic heterocycles. The van der Waals surface area contributed by atoms with Crippen molar-refractivity contribution >= 4 is 47.0 Å². The van der Waals surface area contributed by atoms with E-state index in [9.17, 15) is 22.5 Å². The minimum absolute atomic E-state index is 0. The minimum atomic E-state index is -4.67. The summed E-state index contributed by atoms with van der Waals surface area (Å²) in [6.45, 7) is -14.2. The molecule has 1 saturated heterocycles. The molecular weight excluding hydrogens is 498 g/mol. The summed E-state index contributed by atoms with van der Waals surface area (Å²) in [5.41, 5.74) is -0.588. The molecule has 0 spiro atoms. The number of hydrogen-bond acceptors (Lipinski definition) is 5. The molecule has 1 N–H and O–H groups in total. The molecule has 11 heteroatoms. The van der Waals surface area contributed by atoms with Gasteiger partial charge in [0.25, 0.3) is 0 Å². The maximum atomic E-state index is 13.5. The van der Waals surface area contributed by atoms with Crippen molar-refractivity contribution in [3.05, 3.63) is 48.0 Å². The maximum absolute atomic E-state index is 13.5. The van der Waals surface area contributed by atoms with Gasteiger partial charge < -0.3 is 14.9 Å². The molecule has 1 unspecified atom stereocenters. The zero-order chi connectivity index (χ0) is 29.2. The van der Waals surface area contributed by atoms with Crippen LogP contribution < -0.4 is 4.90 Å². The van der Waals surface area contributed by atoms with Gasteiger partial charge in [-0.25, -0.2) is 4.21 Å². The van der Waals surface area contributed by atoms with Crippen LogP contribution >= 0.6 is 24.8 Å². The Morgan fingerprint density at radius 3 is 2.15 bits per heavy atom. The maximum Gasteiger partial charge on any atom is 0.416 e. The predicted octanol–water partition coefficient (Wildman–Crippen LogP) is 4.17. The fraction of sp³-hybridized carbons (Fsp3) is 0.455. The van der Waals surface area contributed by atoms with Gasteiger partial charge in [-0.05, 0) is 43.3 Å². The summed E-state index contributed by atoms with van der Waals surface area (Å²) < 4.78 is 120. The molecule has 0 bridgehead atoms. The van der Waals surface area contributed by atoms with Crippen LogP contribution in [0.2, 0.25) is 0 Å². The zero-order valence-corrected chi connectivity index (χ0v) is 19.6. The van der Waals surface area contributed by atoms with Crippen molar-refractivity contribution in [3.8, 4) is 0 Å². The molecule has 2 aromatic rings. The van der Waals surface area contributed by atoms with Crippen LogP contribution in [0.25, 0.3) is 0 Å². The van der Waals surface area contributed by atoms with E-state index >= 15 is 0 Å². The highest BCUT2D eigenvalue weighted by molar-refractivity contribution is 7.85. The van der Waals surface area contributed by atoms with Crippen LogP contribution in [-0.2, 0) is 17.0 Å². The number of alkyl halides is 3.